The second-order valence-electron chi connectivity index (χ2n) is 5.64. The molecule has 1 unspecified atom stereocenters. The molecule has 124 valence electrons. The molecule has 3 aromatic heterocycles. The number of fused-ring (bicyclic) bond motifs is 1. The van der Waals surface area contributed by atoms with Crippen LogP contribution in [0.25, 0.3) is 22.2 Å². The van der Waals surface area contributed by atoms with Crippen LogP contribution in [0.5, 0.6) is 0 Å². The highest BCUT2D eigenvalue weighted by atomic mass is 19.1. The number of rotatable bonds is 3. The smallest absolute Gasteiger partial charge is 0.137 e. The van der Waals surface area contributed by atoms with Gasteiger partial charge >= 0.3 is 0 Å². The summed E-state index contributed by atoms with van der Waals surface area (Å²) in [5, 5.41) is 11.2. The molecule has 4 nitrogen and oxygen atoms in total. The predicted octanol–water partition coefficient (Wildman–Crippen LogP) is 3.98. The second kappa shape index (κ2) is 6.07. The number of nitrogens with one attached hydrogen (secondary N) is 1. The zero-order chi connectivity index (χ0) is 17.4. The summed E-state index contributed by atoms with van der Waals surface area (Å²) in [6.45, 7) is 0. The van der Waals surface area contributed by atoms with Gasteiger partial charge < -0.3 is 10.1 Å². The van der Waals surface area contributed by atoms with E-state index >= 15 is 0 Å². The lowest BCUT2D eigenvalue weighted by molar-refractivity contribution is 0.210. The molecule has 0 saturated carbocycles. The van der Waals surface area contributed by atoms with E-state index in [-0.39, 0.29) is 5.56 Å². The van der Waals surface area contributed by atoms with Gasteiger partial charge in [-0.15, -0.1) is 0 Å². The van der Waals surface area contributed by atoms with Crippen molar-refractivity contribution in [2.45, 2.75) is 6.10 Å². The molecule has 0 fully saturated rings. The van der Waals surface area contributed by atoms with Gasteiger partial charge in [-0.3, -0.25) is 4.98 Å². The molecule has 0 radical (unpaired) electrons. The van der Waals surface area contributed by atoms with Gasteiger partial charge in [0.05, 0.1) is 5.56 Å². The Hall–Kier alpha value is -3.12. The van der Waals surface area contributed by atoms with Crippen molar-refractivity contribution in [2.75, 3.05) is 0 Å². The quantitative estimate of drug-likeness (QED) is 0.594. The van der Waals surface area contributed by atoms with Gasteiger partial charge in [-0.25, -0.2) is 13.8 Å². The van der Waals surface area contributed by atoms with E-state index in [9.17, 15) is 13.9 Å². The molecular weight excluding hydrogens is 324 g/mol. The lowest BCUT2D eigenvalue weighted by Gasteiger charge is -2.12. The zero-order valence-corrected chi connectivity index (χ0v) is 12.9. The summed E-state index contributed by atoms with van der Waals surface area (Å²) in [6.07, 6.45) is 5.11. The van der Waals surface area contributed by atoms with Gasteiger partial charge in [0, 0.05) is 46.9 Å². The first kappa shape index (κ1) is 15.4. The fourth-order valence-electron chi connectivity index (χ4n) is 2.87. The summed E-state index contributed by atoms with van der Waals surface area (Å²) in [5.74, 6) is -1.59. The van der Waals surface area contributed by atoms with Crippen molar-refractivity contribution in [1.29, 1.82) is 0 Å². The first-order valence-electron chi connectivity index (χ1n) is 7.64. The number of nitrogens with zero attached hydrogens (tertiary/aromatic N) is 2. The van der Waals surface area contributed by atoms with Crippen molar-refractivity contribution in [2.24, 2.45) is 0 Å². The van der Waals surface area contributed by atoms with Crippen LogP contribution in [0.4, 0.5) is 8.78 Å². The first-order chi connectivity index (χ1) is 12.1. The fourth-order valence-corrected chi connectivity index (χ4v) is 2.87. The molecule has 0 bridgehead atoms. The minimum Gasteiger partial charge on any atom is -0.383 e. The van der Waals surface area contributed by atoms with Crippen LogP contribution in [-0.4, -0.2) is 20.1 Å². The molecule has 2 N–H and O–H groups in total. The van der Waals surface area contributed by atoms with Gasteiger partial charge in [0.25, 0.3) is 0 Å². The summed E-state index contributed by atoms with van der Waals surface area (Å²) in [5.41, 5.74) is 2.16. The van der Waals surface area contributed by atoms with E-state index in [4.69, 9.17) is 0 Å². The fraction of sp³-hybridized carbons (Fsp3) is 0.0526. The van der Waals surface area contributed by atoms with E-state index in [1.165, 1.54) is 12.3 Å². The van der Waals surface area contributed by atoms with E-state index in [1.807, 2.05) is 12.1 Å². The van der Waals surface area contributed by atoms with Crippen LogP contribution in [0, 0.1) is 11.6 Å². The Bertz CT molecular complexity index is 1030. The van der Waals surface area contributed by atoms with Crippen LogP contribution in [0.1, 0.15) is 17.2 Å². The molecule has 0 spiro atoms. The monoisotopic (exact) mass is 337 g/mol. The molecule has 0 aliphatic heterocycles. The van der Waals surface area contributed by atoms with Crippen molar-refractivity contribution in [3.63, 3.8) is 0 Å². The summed E-state index contributed by atoms with van der Waals surface area (Å²) in [7, 11) is 0. The maximum atomic E-state index is 14.0. The van der Waals surface area contributed by atoms with Crippen LogP contribution in [0.3, 0.4) is 0 Å². The van der Waals surface area contributed by atoms with Gasteiger partial charge in [-0.1, -0.05) is 12.1 Å². The largest absolute Gasteiger partial charge is 0.383 e. The molecule has 1 aromatic carbocycles. The number of aromatic amines is 1. The van der Waals surface area contributed by atoms with Crippen LogP contribution in [-0.2, 0) is 0 Å². The summed E-state index contributed by atoms with van der Waals surface area (Å²) < 4.78 is 28.0. The summed E-state index contributed by atoms with van der Waals surface area (Å²) in [6, 6.07) is 9.01. The van der Waals surface area contributed by atoms with Gasteiger partial charge in [-0.05, 0) is 24.3 Å². The maximum absolute atomic E-state index is 14.0. The van der Waals surface area contributed by atoms with Crippen molar-refractivity contribution >= 4 is 11.0 Å². The Morgan fingerprint density at radius 2 is 1.80 bits per heavy atom. The molecule has 0 aliphatic rings. The SMILES string of the molecule is OC(c1c(F)cccc1F)c1c[nH]c2ncc(-c3cccnc3)cc12. The number of benzene rings is 1. The highest BCUT2D eigenvalue weighted by molar-refractivity contribution is 5.85. The highest BCUT2D eigenvalue weighted by Crippen LogP contribution is 2.32. The van der Waals surface area contributed by atoms with E-state index in [1.54, 1.807) is 24.7 Å². The van der Waals surface area contributed by atoms with E-state index < -0.39 is 17.7 Å². The van der Waals surface area contributed by atoms with Crippen LogP contribution in [0.2, 0.25) is 0 Å². The number of aliphatic hydroxyl groups excluding tert-OH is 1. The number of halogens is 2. The van der Waals surface area contributed by atoms with Gasteiger partial charge in [-0.2, -0.15) is 0 Å². The third-order valence-corrected chi connectivity index (χ3v) is 4.13. The van der Waals surface area contributed by atoms with Gasteiger partial charge in [0.15, 0.2) is 0 Å². The predicted molar refractivity (Wildman–Crippen MR) is 89.7 cm³/mol. The van der Waals surface area contributed by atoms with Crippen molar-refractivity contribution in [3.8, 4) is 11.1 Å². The molecule has 1 atom stereocenters. The Morgan fingerprint density at radius 1 is 1.00 bits per heavy atom. The molecule has 0 amide bonds. The average Bonchev–Trinajstić information content (AvgIpc) is 3.05. The van der Waals surface area contributed by atoms with Gasteiger partial charge in [0.2, 0.25) is 0 Å². The van der Waals surface area contributed by atoms with Crippen molar-refractivity contribution in [1.82, 2.24) is 15.0 Å². The Kier molecular flexibility index (Phi) is 3.74. The molecule has 4 rings (SSSR count). The van der Waals surface area contributed by atoms with E-state index in [0.29, 0.717) is 16.6 Å². The molecule has 4 aromatic rings. The van der Waals surface area contributed by atoms with Gasteiger partial charge in [0.1, 0.15) is 23.4 Å². The highest BCUT2D eigenvalue weighted by Gasteiger charge is 2.22. The second-order valence-corrected chi connectivity index (χ2v) is 5.64. The molecule has 0 saturated heterocycles. The number of aromatic nitrogens is 3. The standard InChI is InChI=1S/C19H13F2N3O/c20-15-4-1-5-16(21)17(15)18(25)14-10-24-19-13(14)7-12(9-23-19)11-3-2-6-22-8-11/h1-10,18,25H,(H,23,24). The number of aliphatic hydroxyl groups is 1. The van der Waals surface area contributed by atoms with Crippen LogP contribution >= 0.6 is 0 Å². The minimum absolute atomic E-state index is 0.359. The van der Waals surface area contributed by atoms with E-state index in [2.05, 4.69) is 15.0 Å². The molecule has 25 heavy (non-hydrogen) atoms. The first-order valence-corrected chi connectivity index (χ1v) is 7.64. The lowest BCUT2D eigenvalue weighted by atomic mass is 9.99. The molecule has 0 aliphatic carbocycles. The normalized spacial score (nSPS) is 12.4. The Balaban J connectivity index is 1.85. The number of pyridine rings is 2. The zero-order valence-electron chi connectivity index (χ0n) is 12.9. The summed E-state index contributed by atoms with van der Waals surface area (Å²) in [4.78, 5) is 11.3. The number of hydrogen-bond donors (Lipinski definition) is 2. The van der Waals surface area contributed by atoms with Crippen LogP contribution < -0.4 is 0 Å². The summed E-state index contributed by atoms with van der Waals surface area (Å²) >= 11 is 0. The topological polar surface area (TPSA) is 61.8 Å². The molecule has 6 heteroatoms. The third-order valence-electron chi connectivity index (χ3n) is 4.13. The average molecular weight is 337 g/mol. The maximum Gasteiger partial charge on any atom is 0.137 e. The van der Waals surface area contributed by atoms with Crippen molar-refractivity contribution < 1.29 is 13.9 Å². The molecule has 3 heterocycles. The Morgan fingerprint density at radius 3 is 2.52 bits per heavy atom. The lowest BCUT2D eigenvalue weighted by Crippen LogP contribution is -2.05. The van der Waals surface area contributed by atoms with Crippen LogP contribution in [0.15, 0.2) is 61.2 Å². The third kappa shape index (κ3) is 2.66. The number of H-pyrrole nitrogens is 1. The Labute approximate surface area is 141 Å². The number of hydrogen-bond acceptors (Lipinski definition) is 3. The van der Waals surface area contributed by atoms with Crippen molar-refractivity contribution in [3.05, 3.63) is 83.9 Å². The minimum atomic E-state index is -1.44. The molecular formula is C19H13F2N3O. The van der Waals surface area contributed by atoms with E-state index in [0.717, 1.165) is 23.3 Å².